The van der Waals surface area contributed by atoms with Crippen molar-refractivity contribution < 1.29 is 4.79 Å². The standard InChI is InChI=1S/C20H30N6O/c1-14-11-15(2)26(25-14)17-10-8-7-9-16(17)12-23-19(22-6)24-13-20(3,4)18(27)21-5/h7-11H,12-13H2,1-6H3,(H,21,27)(H2,22,23,24). The highest BCUT2D eigenvalue weighted by Crippen LogP contribution is 2.17. The summed E-state index contributed by atoms with van der Waals surface area (Å²) in [6, 6.07) is 10.2. The number of guanidine groups is 1. The summed E-state index contributed by atoms with van der Waals surface area (Å²) >= 11 is 0. The highest BCUT2D eigenvalue weighted by molar-refractivity contribution is 5.84. The van der Waals surface area contributed by atoms with E-state index in [9.17, 15) is 4.79 Å². The summed E-state index contributed by atoms with van der Waals surface area (Å²) in [7, 11) is 3.36. The molecule has 1 amide bonds. The number of aliphatic imine (C=N–C) groups is 1. The van der Waals surface area contributed by atoms with Gasteiger partial charge in [-0.2, -0.15) is 5.10 Å². The molecule has 7 heteroatoms. The van der Waals surface area contributed by atoms with Crippen LogP contribution in [0.2, 0.25) is 0 Å². The van der Waals surface area contributed by atoms with Crippen LogP contribution in [0.4, 0.5) is 0 Å². The fraction of sp³-hybridized carbons (Fsp3) is 0.450. The molecule has 0 saturated heterocycles. The molecule has 0 spiro atoms. The molecule has 1 heterocycles. The molecular formula is C20H30N6O. The van der Waals surface area contributed by atoms with Gasteiger partial charge in [0.15, 0.2) is 5.96 Å². The van der Waals surface area contributed by atoms with Gasteiger partial charge in [-0.25, -0.2) is 4.68 Å². The number of aryl methyl sites for hydroxylation is 2. The molecule has 0 radical (unpaired) electrons. The summed E-state index contributed by atoms with van der Waals surface area (Å²) in [4.78, 5) is 16.2. The summed E-state index contributed by atoms with van der Waals surface area (Å²) in [5.74, 6) is 0.635. The molecule has 0 unspecified atom stereocenters. The number of nitrogens with zero attached hydrogens (tertiary/aromatic N) is 3. The first kappa shape index (κ1) is 20.5. The maximum Gasteiger partial charge on any atom is 0.227 e. The van der Waals surface area contributed by atoms with Gasteiger partial charge in [-0.05, 0) is 45.4 Å². The number of rotatable bonds is 6. The van der Waals surface area contributed by atoms with Gasteiger partial charge < -0.3 is 16.0 Å². The van der Waals surface area contributed by atoms with E-state index in [0.29, 0.717) is 19.0 Å². The van der Waals surface area contributed by atoms with Crippen LogP contribution < -0.4 is 16.0 Å². The fourth-order valence-corrected chi connectivity index (χ4v) is 2.86. The van der Waals surface area contributed by atoms with E-state index in [4.69, 9.17) is 0 Å². The number of amides is 1. The lowest BCUT2D eigenvalue weighted by Gasteiger charge is -2.24. The van der Waals surface area contributed by atoms with Crippen LogP contribution in [0.1, 0.15) is 30.8 Å². The molecule has 0 aliphatic carbocycles. The van der Waals surface area contributed by atoms with Gasteiger partial charge in [0.25, 0.3) is 0 Å². The molecule has 27 heavy (non-hydrogen) atoms. The Morgan fingerprint density at radius 2 is 1.93 bits per heavy atom. The van der Waals surface area contributed by atoms with E-state index in [-0.39, 0.29) is 5.91 Å². The predicted octanol–water partition coefficient (Wildman–Crippen LogP) is 1.93. The normalized spacial score (nSPS) is 12.0. The minimum absolute atomic E-state index is 0.0136. The van der Waals surface area contributed by atoms with Gasteiger partial charge in [-0.1, -0.05) is 18.2 Å². The number of hydrogen-bond donors (Lipinski definition) is 3. The maximum atomic E-state index is 11.9. The molecule has 146 valence electrons. The second-order valence-corrected chi connectivity index (χ2v) is 7.21. The average Bonchev–Trinajstić information content (AvgIpc) is 2.99. The number of benzene rings is 1. The van der Waals surface area contributed by atoms with Gasteiger partial charge in [0, 0.05) is 32.9 Å². The Kier molecular flexibility index (Phi) is 6.60. The summed E-state index contributed by atoms with van der Waals surface area (Å²) in [5, 5.41) is 13.8. The zero-order valence-electron chi connectivity index (χ0n) is 17.1. The van der Waals surface area contributed by atoms with Gasteiger partial charge in [0.1, 0.15) is 0 Å². The summed E-state index contributed by atoms with van der Waals surface area (Å²) in [5.41, 5.74) is 3.70. The van der Waals surface area contributed by atoms with Crippen molar-refractivity contribution >= 4 is 11.9 Å². The molecule has 7 nitrogen and oxygen atoms in total. The first-order valence-corrected chi connectivity index (χ1v) is 9.06. The van der Waals surface area contributed by atoms with Crippen molar-refractivity contribution in [1.82, 2.24) is 25.7 Å². The van der Waals surface area contributed by atoms with Crippen LogP contribution in [0, 0.1) is 19.3 Å². The summed E-state index contributed by atoms with van der Waals surface area (Å²) in [6.45, 7) is 8.89. The smallest absolute Gasteiger partial charge is 0.227 e. The third-order valence-corrected chi connectivity index (χ3v) is 4.44. The molecule has 2 rings (SSSR count). The quantitative estimate of drug-likeness (QED) is 0.536. The second kappa shape index (κ2) is 8.70. The van der Waals surface area contributed by atoms with Gasteiger partial charge in [-0.15, -0.1) is 0 Å². The SMILES string of the molecule is CN=C(NCc1ccccc1-n1nc(C)cc1C)NCC(C)(C)C(=O)NC. The zero-order chi connectivity index (χ0) is 20.0. The highest BCUT2D eigenvalue weighted by Gasteiger charge is 2.26. The third-order valence-electron chi connectivity index (χ3n) is 4.44. The van der Waals surface area contributed by atoms with Gasteiger partial charge in [0.2, 0.25) is 5.91 Å². The van der Waals surface area contributed by atoms with Crippen molar-refractivity contribution in [2.45, 2.75) is 34.2 Å². The van der Waals surface area contributed by atoms with Crippen molar-refractivity contribution in [3.63, 3.8) is 0 Å². The van der Waals surface area contributed by atoms with Crippen LogP contribution in [0.5, 0.6) is 0 Å². The van der Waals surface area contributed by atoms with Crippen molar-refractivity contribution in [1.29, 1.82) is 0 Å². The zero-order valence-corrected chi connectivity index (χ0v) is 17.1. The highest BCUT2D eigenvalue weighted by atomic mass is 16.2. The lowest BCUT2D eigenvalue weighted by molar-refractivity contribution is -0.128. The van der Waals surface area contributed by atoms with E-state index in [2.05, 4.69) is 44.2 Å². The molecule has 0 bridgehead atoms. The van der Waals surface area contributed by atoms with Crippen molar-refractivity contribution in [3.8, 4) is 5.69 Å². The van der Waals surface area contributed by atoms with E-state index >= 15 is 0 Å². The van der Waals surface area contributed by atoms with Crippen LogP contribution in [-0.4, -0.2) is 42.3 Å². The Labute approximate surface area is 161 Å². The monoisotopic (exact) mass is 370 g/mol. The van der Waals surface area contributed by atoms with Crippen LogP contribution in [-0.2, 0) is 11.3 Å². The van der Waals surface area contributed by atoms with E-state index in [1.165, 1.54) is 0 Å². The van der Waals surface area contributed by atoms with E-state index < -0.39 is 5.41 Å². The molecule has 1 aromatic carbocycles. The second-order valence-electron chi connectivity index (χ2n) is 7.21. The minimum atomic E-state index is -0.534. The van der Waals surface area contributed by atoms with Gasteiger partial charge in [0.05, 0.1) is 16.8 Å². The number of aromatic nitrogens is 2. The Morgan fingerprint density at radius 1 is 1.22 bits per heavy atom. The molecule has 3 N–H and O–H groups in total. The summed E-state index contributed by atoms with van der Waals surface area (Å²) < 4.78 is 1.96. The number of carbonyl (C=O) groups is 1. The van der Waals surface area contributed by atoms with Crippen LogP contribution >= 0.6 is 0 Å². The Balaban J connectivity index is 2.08. The lowest BCUT2D eigenvalue weighted by Crippen LogP contribution is -2.47. The first-order chi connectivity index (χ1) is 12.8. The largest absolute Gasteiger partial charge is 0.359 e. The van der Waals surface area contributed by atoms with E-state index in [1.807, 2.05) is 44.5 Å². The van der Waals surface area contributed by atoms with E-state index in [1.54, 1.807) is 14.1 Å². The van der Waals surface area contributed by atoms with Crippen LogP contribution in [0.25, 0.3) is 5.69 Å². The third kappa shape index (κ3) is 5.09. The van der Waals surface area contributed by atoms with Crippen molar-refractivity contribution in [2.75, 3.05) is 20.6 Å². The molecule has 0 saturated carbocycles. The number of nitrogens with one attached hydrogen (secondary N) is 3. The Morgan fingerprint density at radius 3 is 2.52 bits per heavy atom. The van der Waals surface area contributed by atoms with Crippen LogP contribution in [0.3, 0.4) is 0 Å². The molecule has 0 aliphatic heterocycles. The minimum Gasteiger partial charge on any atom is -0.359 e. The molecule has 2 aromatic rings. The van der Waals surface area contributed by atoms with Crippen molar-refractivity contribution in [2.24, 2.45) is 10.4 Å². The maximum absolute atomic E-state index is 11.9. The summed E-state index contributed by atoms with van der Waals surface area (Å²) in [6.07, 6.45) is 0. The van der Waals surface area contributed by atoms with Crippen molar-refractivity contribution in [3.05, 3.63) is 47.3 Å². The van der Waals surface area contributed by atoms with Gasteiger partial charge >= 0.3 is 0 Å². The fourth-order valence-electron chi connectivity index (χ4n) is 2.86. The molecule has 1 aromatic heterocycles. The molecule has 0 atom stereocenters. The Bertz CT molecular complexity index is 822. The molecular weight excluding hydrogens is 340 g/mol. The molecule has 0 fully saturated rings. The number of carbonyl (C=O) groups excluding carboxylic acids is 1. The number of hydrogen-bond acceptors (Lipinski definition) is 3. The first-order valence-electron chi connectivity index (χ1n) is 9.06. The average molecular weight is 371 g/mol. The predicted molar refractivity (Wildman–Crippen MR) is 109 cm³/mol. The van der Waals surface area contributed by atoms with Gasteiger partial charge in [-0.3, -0.25) is 9.79 Å². The Hall–Kier alpha value is -2.83. The topological polar surface area (TPSA) is 83.3 Å². The van der Waals surface area contributed by atoms with Crippen LogP contribution in [0.15, 0.2) is 35.3 Å². The van der Waals surface area contributed by atoms with E-state index in [0.717, 1.165) is 22.6 Å². The lowest BCUT2D eigenvalue weighted by atomic mass is 9.92. The number of para-hydroxylation sites is 1. The molecule has 0 aliphatic rings.